The molecule has 1 aromatic heterocycles. The van der Waals surface area contributed by atoms with Crippen molar-refractivity contribution >= 4 is 17.4 Å². The first-order valence-electron chi connectivity index (χ1n) is 12.9. The smallest absolute Gasteiger partial charge is 0.435 e. The third-order valence-corrected chi connectivity index (χ3v) is 8.58. The van der Waals surface area contributed by atoms with E-state index in [1.54, 1.807) is 0 Å². The molecule has 1 amide bonds. The van der Waals surface area contributed by atoms with Gasteiger partial charge in [-0.1, -0.05) is 62.4 Å². The zero-order chi connectivity index (χ0) is 25.9. The number of amides is 1. The second-order valence-electron chi connectivity index (χ2n) is 10.3. The Hall–Kier alpha value is -3.08. The summed E-state index contributed by atoms with van der Waals surface area (Å²) < 4.78 is 0.157. The van der Waals surface area contributed by atoms with E-state index >= 15 is 0 Å². The fourth-order valence-corrected chi connectivity index (χ4v) is 6.43. The van der Waals surface area contributed by atoms with E-state index in [0.29, 0.717) is 24.6 Å². The number of quaternary nitrogens is 1. The highest BCUT2D eigenvalue weighted by molar-refractivity contribution is 7.17. The minimum Gasteiger partial charge on any atom is -0.435 e. The molecule has 0 radical (unpaired) electrons. The molecule has 2 atom stereocenters. The van der Waals surface area contributed by atoms with Gasteiger partial charge in [0.2, 0.25) is 0 Å². The topological polar surface area (TPSA) is 86.9 Å². The van der Waals surface area contributed by atoms with Gasteiger partial charge >= 0.3 is 6.09 Å². The summed E-state index contributed by atoms with van der Waals surface area (Å²) in [5, 5.41) is 30.3. The summed E-state index contributed by atoms with van der Waals surface area (Å²) in [6.45, 7) is 9.82. The zero-order valence-electron chi connectivity index (χ0n) is 21.6. The Labute approximate surface area is 217 Å². The Bertz CT molecular complexity index is 1290. The molecule has 3 aromatic rings. The van der Waals surface area contributed by atoms with Crippen molar-refractivity contribution in [2.24, 2.45) is 5.92 Å². The standard InChI is InChI=1S/C29H34N4O2S/c1-5-25-21(13-15-33(29(34)35)14-7-8-20(33)4)9-6-10-26(25)28-32-31-27(36-28)23-12-11-22(16-19(2)3)24(17-23)18-30/h6,9-12,17,19-20H,5,7-8,13-16H2,1-4H3/p+1/t20-,33?/m1/s1. The van der Waals surface area contributed by atoms with Gasteiger partial charge in [-0.25, -0.2) is 4.48 Å². The molecule has 0 aliphatic carbocycles. The van der Waals surface area contributed by atoms with E-state index in [0.717, 1.165) is 58.8 Å². The molecule has 2 aromatic carbocycles. The first kappa shape index (κ1) is 26.0. The molecule has 1 aliphatic heterocycles. The zero-order valence-corrected chi connectivity index (χ0v) is 22.4. The van der Waals surface area contributed by atoms with Crippen LogP contribution in [0, 0.1) is 17.2 Å². The maximum absolute atomic E-state index is 12.2. The minimum atomic E-state index is -0.709. The second-order valence-corrected chi connectivity index (χ2v) is 11.3. The maximum Gasteiger partial charge on any atom is 0.513 e. The largest absolute Gasteiger partial charge is 0.513 e. The Kier molecular flexibility index (Phi) is 7.87. The molecule has 0 spiro atoms. The van der Waals surface area contributed by atoms with Crippen molar-refractivity contribution in [1.82, 2.24) is 10.2 Å². The number of nitrogens with zero attached hydrogens (tertiary/aromatic N) is 4. The lowest BCUT2D eigenvalue weighted by Crippen LogP contribution is -2.55. The monoisotopic (exact) mass is 503 g/mol. The molecule has 1 aliphatic rings. The second kappa shape index (κ2) is 10.9. The Morgan fingerprint density at radius 2 is 2.00 bits per heavy atom. The van der Waals surface area contributed by atoms with Crippen LogP contribution in [0.15, 0.2) is 36.4 Å². The first-order chi connectivity index (χ1) is 17.3. The molecule has 6 nitrogen and oxygen atoms in total. The Balaban J connectivity index is 1.62. The highest BCUT2D eigenvalue weighted by Gasteiger charge is 2.45. The normalized spacial score (nSPS) is 19.5. The quantitative estimate of drug-likeness (QED) is 0.345. The van der Waals surface area contributed by atoms with E-state index in [9.17, 15) is 15.2 Å². The van der Waals surface area contributed by atoms with Gasteiger partial charge in [-0.2, -0.15) is 10.1 Å². The summed E-state index contributed by atoms with van der Waals surface area (Å²) in [4.78, 5) is 12.2. The lowest BCUT2D eigenvalue weighted by Gasteiger charge is -2.32. The van der Waals surface area contributed by atoms with Crippen LogP contribution in [-0.2, 0) is 19.3 Å². The molecule has 1 unspecified atom stereocenters. The summed E-state index contributed by atoms with van der Waals surface area (Å²) in [6, 6.07) is 14.7. The number of carbonyl (C=O) groups is 1. The number of hydrogen-bond acceptors (Lipinski definition) is 5. The van der Waals surface area contributed by atoms with Crippen LogP contribution < -0.4 is 0 Å². The average Bonchev–Trinajstić information content (AvgIpc) is 3.50. The molecule has 188 valence electrons. The molecule has 1 N–H and O–H groups in total. The van der Waals surface area contributed by atoms with Gasteiger partial charge in [-0.05, 0) is 48.4 Å². The van der Waals surface area contributed by atoms with Gasteiger partial charge in [0.25, 0.3) is 0 Å². The first-order valence-corrected chi connectivity index (χ1v) is 13.7. The number of likely N-dealkylation sites (tertiary alicyclic amines) is 1. The number of benzene rings is 2. The van der Waals surface area contributed by atoms with Crippen LogP contribution in [0.3, 0.4) is 0 Å². The van der Waals surface area contributed by atoms with Gasteiger partial charge in [0.15, 0.2) is 0 Å². The molecule has 0 bridgehead atoms. The van der Waals surface area contributed by atoms with Crippen LogP contribution in [0.5, 0.6) is 0 Å². The third-order valence-electron chi connectivity index (χ3n) is 7.57. The SMILES string of the molecule is CCc1c(CC[N+]2(C(=O)O)CCC[C@H]2C)cccc1-c1nnc(-c2ccc(CC(C)C)c(C#N)c2)s1. The number of rotatable bonds is 8. The van der Waals surface area contributed by atoms with Crippen LogP contribution >= 0.6 is 11.3 Å². The fourth-order valence-electron chi connectivity index (χ4n) is 5.54. The van der Waals surface area contributed by atoms with Crippen LogP contribution in [0.25, 0.3) is 21.1 Å². The van der Waals surface area contributed by atoms with E-state index in [-0.39, 0.29) is 10.5 Å². The van der Waals surface area contributed by atoms with Gasteiger partial charge in [0, 0.05) is 30.4 Å². The predicted molar refractivity (Wildman–Crippen MR) is 144 cm³/mol. The van der Waals surface area contributed by atoms with Gasteiger partial charge in [0.1, 0.15) is 10.0 Å². The van der Waals surface area contributed by atoms with Crippen LogP contribution in [0.2, 0.25) is 0 Å². The summed E-state index contributed by atoms with van der Waals surface area (Å²) in [5.74, 6) is 0.483. The molecule has 4 rings (SSSR count). The van der Waals surface area contributed by atoms with E-state index in [4.69, 9.17) is 0 Å². The van der Waals surface area contributed by atoms with Crippen LogP contribution in [0.4, 0.5) is 4.79 Å². The molecule has 7 heteroatoms. The molecule has 1 saturated heterocycles. The van der Waals surface area contributed by atoms with Gasteiger partial charge in [-0.3, -0.25) is 0 Å². The maximum atomic E-state index is 12.2. The molecule has 36 heavy (non-hydrogen) atoms. The van der Waals surface area contributed by atoms with E-state index in [1.165, 1.54) is 22.5 Å². The van der Waals surface area contributed by atoms with Crippen molar-refractivity contribution in [1.29, 1.82) is 5.26 Å². The number of carboxylic acid groups (broad SMARTS) is 1. The predicted octanol–water partition coefficient (Wildman–Crippen LogP) is 6.72. The van der Waals surface area contributed by atoms with Crippen molar-refractivity contribution in [3.05, 3.63) is 58.7 Å². The van der Waals surface area contributed by atoms with Crippen LogP contribution in [0.1, 0.15) is 62.8 Å². The average molecular weight is 504 g/mol. The van der Waals surface area contributed by atoms with Crippen molar-refractivity contribution in [2.45, 2.75) is 65.8 Å². The van der Waals surface area contributed by atoms with Crippen LogP contribution in [-0.4, -0.2) is 45.0 Å². The molecule has 0 saturated carbocycles. The fraction of sp³-hybridized carbons (Fsp3) is 0.448. The molecule has 1 fully saturated rings. The van der Waals surface area contributed by atoms with E-state index in [1.807, 2.05) is 24.3 Å². The number of hydrogen-bond donors (Lipinski definition) is 1. The Morgan fingerprint density at radius 1 is 1.22 bits per heavy atom. The summed E-state index contributed by atoms with van der Waals surface area (Å²) >= 11 is 1.53. The van der Waals surface area contributed by atoms with Crippen molar-refractivity contribution in [3.8, 4) is 27.2 Å². The van der Waals surface area contributed by atoms with Crippen molar-refractivity contribution < 1.29 is 14.4 Å². The highest BCUT2D eigenvalue weighted by atomic mass is 32.1. The number of nitriles is 1. The lowest BCUT2D eigenvalue weighted by molar-refractivity contribution is -0.867. The highest BCUT2D eigenvalue weighted by Crippen LogP contribution is 2.35. The number of aromatic nitrogens is 2. The minimum absolute atomic E-state index is 0.145. The van der Waals surface area contributed by atoms with Gasteiger partial charge in [0.05, 0.1) is 30.8 Å². The molecular weight excluding hydrogens is 468 g/mol. The third kappa shape index (κ3) is 5.07. The van der Waals surface area contributed by atoms with Crippen molar-refractivity contribution in [2.75, 3.05) is 13.1 Å². The Morgan fingerprint density at radius 3 is 2.64 bits per heavy atom. The summed E-state index contributed by atoms with van der Waals surface area (Å²) in [5.41, 5.74) is 6.13. The van der Waals surface area contributed by atoms with E-state index in [2.05, 4.69) is 56.1 Å². The summed E-state index contributed by atoms with van der Waals surface area (Å²) in [6.07, 6.45) is 3.66. The molecule has 2 heterocycles. The van der Waals surface area contributed by atoms with Gasteiger partial charge in [-0.15, -0.1) is 10.2 Å². The summed E-state index contributed by atoms with van der Waals surface area (Å²) in [7, 11) is 0. The lowest BCUT2D eigenvalue weighted by atomic mass is 9.96. The molecular formula is C29H35N4O2S+. The van der Waals surface area contributed by atoms with Gasteiger partial charge < -0.3 is 5.11 Å². The van der Waals surface area contributed by atoms with E-state index < -0.39 is 6.09 Å². The van der Waals surface area contributed by atoms with Crippen molar-refractivity contribution in [3.63, 3.8) is 0 Å².